The van der Waals surface area contributed by atoms with Gasteiger partial charge in [-0.05, 0) is 29.2 Å². The highest BCUT2D eigenvalue weighted by Crippen LogP contribution is 2.29. The quantitative estimate of drug-likeness (QED) is 0.609. The number of anilines is 1. The Morgan fingerprint density at radius 1 is 1.35 bits per heavy atom. The molecule has 17 heavy (non-hydrogen) atoms. The molecule has 5 nitrogen and oxygen atoms in total. The highest BCUT2D eigenvalue weighted by atomic mass is 16.4. The van der Waals surface area contributed by atoms with E-state index in [0.29, 0.717) is 11.4 Å². The fraction of sp³-hybridized carbons (Fsp3) is 0.333. The number of nitrogens with zero attached hydrogens (tertiary/aromatic N) is 1. The summed E-state index contributed by atoms with van der Waals surface area (Å²) >= 11 is 0. The predicted molar refractivity (Wildman–Crippen MR) is 64.6 cm³/mol. The van der Waals surface area contributed by atoms with Crippen LogP contribution >= 0.6 is 0 Å². The Kier molecular flexibility index (Phi) is 3.66. The zero-order chi connectivity index (χ0) is 13.1. The average Bonchev–Trinajstić information content (AvgIpc) is 2.15. The lowest BCUT2D eigenvalue weighted by Gasteiger charge is -2.20. The van der Waals surface area contributed by atoms with Crippen molar-refractivity contribution in [1.82, 2.24) is 0 Å². The molecule has 0 saturated heterocycles. The molecule has 1 aromatic rings. The molecule has 0 aliphatic heterocycles. The van der Waals surface area contributed by atoms with Crippen molar-refractivity contribution in [2.75, 3.05) is 5.32 Å². The summed E-state index contributed by atoms with van der Waals surface area (Å²) in [6.45, 7) is 5.96. The molecule has 1 rings (SSSR count). The molecule has 0 bridgehead atoms. The largest absolute Gasteiger partial charge is 0.465 e. The van der Waals surface area contributed by atoms with Gasteiger partial charge in [0.15, 0.2) is 0 Å². The number of carbonyl (C=O) groups is 1. The summed E-state index contributed by atoms with van der Waals surface area (Å²) in [6.07, 6.45) is 0.288. The summed E-state index contributed by atoms with van der Waals surface area (Å²) in [5.41, 5.74) is 1.50. The standard InChI is InChI=1S/C12H14N2O3/c1-12(2,3)8-4-9(13-7-15)6-10(5-8)14-11(16)17/h4-6,14H,1-3H3,(H,16,17). The summed E-state index contributed by atoms with van der Waals surface area (Å²) < 4.78 is 0. The smallest absolute Gasteiger partial charge is 0.409 e. The Labute approximate surface area is 99.2 Å². The van der Waals surface area contributed by atoms with Gasteiger partial charge in [0.1, 0.15) is 0 Å². The molecular weight excluding hydrogens is 220 g/mol. The van der Waals surface area contributed by atoms with Crippen LogP contribution in [-0.2, 0) is 10.2 Å². The molecule has 1 aromatic carbocycles. The number of carboxylic acid groups (broad SMARTS) is 1. The van der Waals surface area contributed by atoms with Gasteiger partial charge >= 0.3 is 6.09 Å². The number of hydrogen-bond donors (Lipinski definition) is 2. The zero-order valence-corrected chi connectivity index (χ0v) is 9.94. The van der Waals surface area contributed by atoms with Crippen molar-refractivity contribution in [1.29, 1.82) is 0 Å². The molecule has 0 radical (unpaired) electrons. The van der Waals surface area contributed by atoms with Crippen LogP contribution in [0.4, 0.5) is 16.2 Å². The monoisotopic (exact) mass is 234 g/mol. The summed E-state index contributed by atoms with van der Waals surface area (Å²) in [5, 5.41) is 10.9. The first kappa shape index (κ1) is 12.9. The molecule has 0 heterocycles. The number of amides is 1. The summed E-state index contributed by atoms with van der Waals surface area (Å²) in [4.78, 5) is 24.3. The van der Waals surface area contributed by atoms with Crippen LogP contribution < -0.4 is 5.32 Å². The molecule has 0 saturated carbocycles. The van der Waals surface area contributed by atoms with Gasteiger partial charge in [0.05, 0.1) is 5.69 Å². The number of carbonyl (C=O) groups excluding carboxylic acids is 1. The first-order valence-electron chi connectivity index (χ1n) is 5.06. The van der Waals surface area contributed by atoms with Gasteiger partial charge in [-0.25, -0.2) is 9.59 Å². The van der Waals surface area contributed by atoms with Gasteiger partial charge in [-0.2, -0.15) is 4.99 Å². The van der Waals surface area contributed by atoms with Crippen LogP contribution in [0.1, 0.15) is 26.3 Å². The zero-order valence-electron chi connectivity index (χ0n) is 9.94. The third-order valence-electron chi connectivity index (χ3n) is 2.21. The molecule has 0 fully saturated rings. The van der Waals surface area contributed by atoms with Crippen molar-refractivity contribution in [2.45, 2.75) is 26.2 Å². The fourth-order valence-electron chi connectivity index (χ4n) is 1.36. The van der Waals surface area contributed by atoms with Crippen molar-refractivity contribution in [3.05, 3.63) is 23.8 Å². The van der Waals surface area contributed by atoms with Crippen LogP contribution in [0.3, 0.4) is 0 Å². The first-order valence-corrected chi connectivity index (χ1v) is 5.06. The molecule has 0 aliphatic carbocycles. The van der Waals surface area contributed by atoms with Gasteiger partial charge in [0, 0.05) is 5.69 Å². The van der Waals surface area contributed by atoms with Crippen molar-refractivity contribution in [3.8, 4) is 0 Å². The van der Waals surface area contributed by atoms with E-state index in [1.165, 1.54) is 12.1 Å². The number of benzene rings is 1. The normalized spacial score (nSPS) is 10.5. The molecule has 0 atom stereocenters. The second kappa shape index (κ2) is 4.80. The summed E-state index contributed by atoms with van der Waals surface area (Å²) in [5.74, 6) is 0. The van der Waals surface area contributed by atoms with Gasteiger partial charge in [0.2, 0.25) is 6.08 Å². The number of hydrogen-bond acceptors (Lipinski definition) is 3. The SMILES string of the molecule is CC(C)(C)c1cc(N=C=O)cc(NC(=O)O)c1. The van der Waals surface area contributed by atoms with E-state index in [1.807, 2.05) is 20.8 Å². The van der Waals surface area contributed by atoms with E-state index in [0.717, 1.165) is 5.56 Å². The first-order chi connectivity index (χ1) is 7.82. The molecule has 5 heteroatoms. The molecule has 2 N–H and O–H groups in total. The van der Waals surface area contributed by atoms with E-state index in [1.54, 1.807) is 12.1 Å². The van der Waals surface area contributed by atoms with Crippen LogP contribution in [0.25, 0.3) is 0 Å². The lowest BCUT2D eigenvalue weighted by atomic mass is 9.86. The summed E-state index contributed by atoms with van der Waals surface area (Å²) in [7, 11) is 0. The lowest BCUT2D eigenvalue weighted by Crippen LogP contribution is -2.13. The maximum absolute atomic E-state index is 10.6. The molecule has 90 valence electrons. The molecule has 0 unspecified atom stereocenters. The third kappa shape index (κ3) is 3.74. The predicted octanol–water partition coefficient (Wildman–Crippen LogP) is 3.04. The Morgan fingerprint density at radius 2 is 2.00 bits per heavy atom. The number of isocyanates is 1. The number of rotatable bonds is 2. The van der Waals surface area contributed by atoms with Gasteiger partial charge in [-0.3, -0.25) is 5.32 Å². The van der Waals surface area contributed by atoms with E-state index in [4.69, 9.17) is 5.11 Å². The molecule has 0 spiro atoms. The molecule has 1 amide bonds. The third-order valence-corrected chi connectivity index (χ3v) is 2.21. The Balaban J connectivity index is 3.28. The highest BCUT2D eigenvalue weighted by molar-refractivity contribution is 5.84. The Bertz CT molecular complexity index is 483. The Hall–Kier alpha value is -2.13. The van der Waals surface area contributed by atoms with Gasteiger partial charge in [-0.1, -0.05) is 20.8 Å². The van der Waals surface area contributed by atoms with Gasteiger partial charge < -0.3 is 5.11 Å². The van der Waals surface area contributed by atoms with Crippen LogP contribution in [0, 0.1) is 0 Å². The van der Waals surface area contributed by atoms with Crippen LogP contribution in [-0.4, -0.2) is 17.3 Å². The van der Waals surface area contributed by atoms with Crippen LogP contribution in [0.15, 0.2) is 23.2 Å². The van der Waals surface area contributed by atoms with Crippen molar-refractivity contribution < 1.29 is 14.7 Å². The maximum Gasteiger partial charge on any atom is 0.409 e. The van der Waals surface area contributed by atoms with E-state index < -0.39 is 6.09 Å². The van der Waals surface area contributed by atoms with E-state index in [9.17, 15) is 9.59 Å². The summed E-state index contributed by atoms with van der Waals surface area (Å²) in [6, 6.07) is 4.93. The lowest BCUT2D eigenvalue weighted by molar-refractivity contribution is 0.209. The van der Waals surface area contributed by atoms with Crippen molar-refractivity contribution >= 4 is 23.5 Å². The minimum absolute atomic E-state index is 0.163. The van der Waals surface area contributed by atoms with E-state index >= 15 is 0 Å². The topological polar surface area (TPSA) is 78.8 Å². The van der Waals surface area contributed by atoms with E-state index in [2.05, 4.69) is 10.3 Å². The second-order valence-corrected chi connectivity index (χ2v) is 4.65. The molecule has 0 aliphatic rings. The fourth-order valence-corrected chi connectivity index (χ4v) is 1.36. The Morgan fingerprint density at radius 3 is 2.47 bits per heavy atom. The van der Waals surface area contributed by atoms with Crippen LogP contribution in [0.5, 0.6) is 0 Å². The molecular formula is C12H14N2O3. The number of nitrogens with one attached hydrogen (secondary N) is 1. The van der Waals surface area contributed by atoms with Crippen molar-refractivity contribution in [3.63, 3.8) is 0 Å². The number of aliphatic imine (C=N–C) groups is 1. The van der Waals surface area contributed by atoms with Gasteiger partial charge in [-0.15, -0.1) is 0 Å². The second-order valence-electron chi connectivity index (χ2n) is 4.65. The molecule has 0 aromatic heterocycles. The van der Waals surface area contributed by atoms with Gasteiger partial charge in [0.25, 0.3) is 0 Å². The minimum Gasteiger partial charge on any atom is -0.465 e. The highest BCUT2D eigenvalue weighted by Gasteiger charge is 2.15. The van der Waals surface area contributed by atoms with Crippen molar-refractivity contribution in [2.24, 2.45) is 4.99 Å². The minimum atomic E-state index is -1.16. The van der Waals surface area contributed by atoms with Crippen LogP contribution in [0.2, 0.25) is 0 Å². The maximum atomic E-state index is 10.6. The average molecular weight is 234 g/mol. The van der Waals surface area contributed by atoms with E-state index in [-0.39, 0.29) is 5.41 Å².